The molecule has 4 N–H and O–H groups in total. The van der Waals surface area contributed by atoms with E-state index in [0.29, 0.717) is 38.0 Å². The Labute approximate surface area is 265 Å². The fourth-order valence-corrected chi connectivity index (χ4v) is 5.46. The molecule has 1 aromatic rings. The van der Waals surface area contributed by atoms with Crippen molar-refractivity contribution in [3.63, 3.8) is 0 Å². The normalized spacial score (nSPS) is 24.7. The van der Waals surface area contributed by atoms with Crippen LogP contribution in [-0.4, -0.2) is 103 Å². The van der Waals surface area contributed by atoms with Crippen molar-refractivity contribution in [2.45, 2.75) is 89.9 Å². The number of rotatable bonds is 6. The highest BCUT2D eigenvalue weighted by Gasteiger charge is 2.33. The number of amides is 6. The Kier molecular flexibility index (Phi) is 13.2. The highest BCUT2D eigenvalue weighted by molar-refractivity contribution is 5.94. The van der Waals surface area contributed by atoms with Gasteiger partial charge < -0.3 is 35.8 Å². The van der Waals surface area contributed by atoms with Crippen LogP contribution in [0.25, 0.3) is 0 Å². The highest BCUT2D eigenvalue weighted by atomic mass is 16.5. The van der Waals surface area contributed by atoms with Gasteiger partial charge in [-0.15, -0.1) is 0 Å². The number of carbonyl (C=O) groups excluding carboxylic acids is 6. The molecule has 0 unspecified atom stereocenters. The topological polar surface area (TPSA) is 166 Å². The van der Waals surface area contributed by atoms with Gasteiger partial charge in [0.05, 0.1) is 7.11 Å². The quantitative estimate of drug-likeness (QED) is 0.356. The van der Waals surface area contributed by atoms with E-state index in [-0.39, 0.29) is 61.9 Å². The van der Waals surface area contributed by atoms with E-state index in [0.717, 1.165) is 5.56 Å². The minimum absolute atomic E-state index is 0.0655. The van der Waals surface area contributed by atoms with Crippen LogP contribution < -0.4 is 26.0 Å². The summed E-state index contributed by atoms with van der Waals surface area (Å²) in [5.74, 6) is -1.33. The van der Waals surface area contributed by atoms with Crippen molar-refractivity contribution in [2.75, 3.05) is 33.8 Å². The number of ether oxygens (including phenoxy) is 1. The van der Waals surface area contributed by atoms with Gasteiger partial charge in [0.25, 0.3) is 0 Å². The lowest BCUT2D eigenvalue weighted by Gasteiger charge is -2.31. The first-order chi connectivity index (χ1) is 21.4. The molecule has 0 bridgehead atoms. The lowest BCUT2D eigenvalue weighted by atomic mass is 10.00. The molecule has 4 atom stereocenters. The van der Waals surface area contributed by atoms with E-state index in [1.807, 2.05) is 26.0 Å². The zero-order valence-corrected chi connectivity index (χ0v) is 27.0. The average molecular weight is 629 g/mol. The van der Waals surface area contributed by atoms with Crippen LogP contribution in [0.2, 0.25) is 0 Å². The molecule has 6 amide bonds. The van der Waals surface area contributed by atoms with Gasteiger partial charge in [-0.05, 0) is 56.2 Å². The summed E-state index contributed by atoms with van der Waals surface area (Å²) in [6.45, 7) is 6.34. The van der Waals surface area contributed by atoms with Crippen molar-refractivity contribution < 1.29 is 33.5 Å². The molecule has 3 rings (SSSR count). The minimum Gasteiger partial charge on any atom is -0.497 e. The van der Waals surface area contributed by atoms with Crippen LogP contribution in [0.5, 0.6) is 5.75 Å². The van der Waals surface area contributed by atoms with Crippen molar-refractivity contribution in [3.05, 3.63) is 29.8 Å². The van der Waals surface area contributed by atoms with Gasteiger partial charge >= 0.3 is 0 Å². The Balaban J connectivity index is 1.84. The molecule has 2 saturated heterocycles. The van der Waals surface area contributed by atoms with E-state index in [1.165, 1.54) is 11.9 Å². The monoisotopic (exact) mass is 628 g/mol. The predicted octanol–water partition coefficient (Wildman–Crippen LogP) is 0.508. The second-order valence-corrected chi connectivity index (χ2v) is 12.2. The first-order valence-electron chi connectivity index (χ1n) is 15.7. The van der Waals surface area contributed by atoms with Gasteiger partial charge in [0, 0.05) is 45.9 Å². The SMILES string of the molecule is COc1ccc(C[C@@H]2NC(=O)[C@@H](CC(C)C)NC(=O)CCCN(C(=O)[C@H]3CCC(=O)N3)CCCNC(=O)[C@H](C)N(C)C2=O)cc1. The Morgan fingerprint density at radius 1 is 0.911 bits per heavy atom. The molecule has 0 aliphatic carbocycles. The maximum Gasteiger partial charge on any atom is 0.245 e. The van der Waals surface area contributed by atoms with Crippen LogP contribution >= 0.6 is 0 Å². The van der Waals surface area contributed by atoms with Crippen LogP contribution in [0, 0.1) is 5.92 Å². The molecule has 45 heavy (non-hydrogen) atoms. The summed E-state index contributed by atoms with van der Waals surface area (Å²) in [7, 11) is 3.07. The molecule has 2 aliphatic rings. The highest BCUT2D eigenvalue weighted by Crippen LogP contribution is 2.16. The molecule has 1 aromatic carbocycles. The number of nitrogens with zero attached hydrogens (tertiary/aromatic N) is 2. The number of carbonyl (C=O) groups is 6. The molecule has 248 valence electrons. The van der Waals surface area contributed by atoms with Crippen molar-refractivity contribution in [1.29, 1.82) is 0 Å². The second kappa shape index (κ2) is 16.8. The van der Waals surface area contributed by atoms with E-state index in [4.69, 9.17) is 4.74 Å². The number of hydrogen-bond acceptors (Lipinski definition) is 7. The summed E-state index contributed by atoms with van der Waals surface area (Å²) in [4.78, 5) is 81.3. The number of methoxy groups -OCH3 is 1. The van der Waals surface area contributed by atoms with Crippen LogP contribution in [-0.2, 0) is 35.2 Å². The third-order valence-corrected chi connectivity index (χ3v) is 8.22. The van der Waals surface area contributed by atoms with Crippen molar-refractivity contribution in [2.24, 2.45) is 5.92 Å². The van der Waals surface area contributed by atoms with Crippen LogP contribution in [0.15, 0.2) is 24.3 Å². The Morgan fingerprint density at radius 2 is 1.58 bits per heavy atom. The number of likely N-dealkylation sites (N-methyl/N-ethyl adjacent to an activating group) is 1. The summed E-state index contributed by atoms with van der Waals surface area (Å²) < 4.78 is 5.23. The minimum atomic E-state index is -0.993. The fourth-order valence-electron chi connectivity index (χ4n) is 5.46. The maximum atomic E-state index is 13.8. The van der Waals surface area contributed by atoms with Gasteiger partial charge in [-0.1, -0.05) is 26.0 Å². The summed E-state index contributed by atoms with van der Waals surface area (Å²) in [5, 5.41) is 11.2. The third-order valence-electron chi connectivity index (χ3n) is 8.22. The summed E-state index contributed by atoms with van der Waals surface area (Å²) in [6, 6.07) is 3.81. The van der Waals surface area contributed by atoms with Crippen molar-refractivity contribution >= 4 is 35.4 Å². The van der Waals surface area contributed by atoms with E-state index in [9.17, 15) is 28.8 Å². The van der Waals surface area contributed by atoms with Crippen LogP contribution in [0.3, 0.4) is 0 Å². The molecule has 2 fully saturated rings. The van der Waals surface area contributed by atoms with E-state index in [2.05, 4.69) is 21.3 Å². The van der Waals surface area contributed by atoms with Gasteiger partial charge in [-0.3, -0.25) is 28.8 Å². The largest absolute Gasteiger partial charge is 0.497 e. The van der Waals surface area contributed by atoms with Gasteiger partial charge in [-0.2, -0.15) is 0 Å². The lowest BCUT2D eigenvalue weighted by molar-refractivity contribution is -0.141. The molecule has 2 aliphatic heterocycles. The van der Waals surface area contributed by atoms with Gasteiger partial charge in [0.2, 0.25) is 35.4 Å². The van der Waals surface area contributed by atoms with Gasteiger partial charge in [0.15, 0.2) is 0 Å². The number of benzene rings is 1. The molecule has 0 saturated carbocycles. The standard InChI is InChI=1S/C32H48N6O7/c1-20(2)18-25-30(42)36-26(19-22-9-11-23(45-5)12-10-22)31(43)37(4)21(3)29(41)33-15-7-17-38(16-6-8-27(39)35-25)32(44)24-13-14-28(40)34-24/h9-12,20-21,24-26H,6-8,13-19H2,1-5H3,(H,33,41)(H,34,40)(H,35,39)(H,36,42)/t21-,24+,25+,26-/m0/s1. The molecule has 0 spiro atoms. The van der Waals surface area contributed by atoms with Crippen LogP contribution in [0.1, 0.15) is 64.9 Å². The fraction of sp³-hybridized carbons (Fsp3) is 0.625. The molecule has 0 radical (unpaired) electrons. The average Bonchev–Trinajstić information content (AvgIpc) is 3.45. The third kappa shape index (κ3) is 10.5. The molecule has 0 aromatic heterocycles. The van der Waals surface area contributed by atoms with Crippen molar-refractivity contribution in [1.82, 2.24) is 31.1 Å². The molecule has 2 heterocycles. The second-order valence-electron chi connectivity index (χ2n) is 12.2. The maximum absolute atomic E-state index is 13.8. The van der Waals surface area contributed by atoms with Crippen molar-refractivity contribution in [3.8, 4) is 5.75 Å². The lowest BCUT2D eigenvalue weighted by Crippen LogP contribution is -2.57. The number of nitrogens with one attached hydrogen (secondary N) is 4. The van der Waals surface area contributed by atoms with E-state index >= 15 is 0 Å². The first-order valence-corrected chi connectivity index (χ1v) is 15.7. The molecule has 13 nitrogen and oxygen atoms in total. The van der Waals surface area contributed by atoms with E-state index in [1.54, 1.807) is 31.1 Å². The van der Waals surface area contributed by atoms with Crippen LogP contribution in [0.4, 0.5) is 0 Å². The Bertz CT molecular complexity index is 1220. The van der Waals surface area contributed by atoms with E-state index < -0.39 is 36.0 Å². The summed E-state index contributed by atoms with van der Waals surface area (Å²) in [6.07, 6.45) is 2.08. The molecule has 13 heteroatoms. The first kappa shape index (κ1) is 35.3. The zero-order valence-electron chi connectivity index (χ0n) is 27.0. The smallest absolute Gasteiger partial charge is 0.245 e. The zero-order chi connectivity index (χ0) is 33.1. The molecular formula is C32H48N6O7. The summed E-state index contributed by atoms with van der Waals surface area (Å²) in [5.41, 5.74) is 0.780. The Morgan fingerprint density at radius 3 is 2.20 bits per heavy atom. The van der Waals surface area contributed by atoms with Gasteiger partial charge in [-0.25, -0.2) is 0 Å². The number of hydrogen-bond donors (Lipinski definition) is 4. The predicted molar refractivity (Wildman–Crippen MR) is 167 cm³/mol. The van der Waals surface area contributed by atoms with Gasteiger partial charge in [0.1, 0.15) is 29.9 Å². The Hall–Kier alpha value is -4.16. The molecular weight excluding hydrogens is 580 g/mol. The summed E-state index contributed by atoms with van der Waals surface area (Å²) >= 11 is 0.